The van der Waals surface area contributed by atoms with Crippen LogP contribution in [-0.4, -0.2) is 84.3 Å². The van der Waals surface area contributed by atoms with Gasteiger partial charge in [-0.25, -0.2) is 4.79 Å². The van der Waals surface area contributed by atoms with Gasteiger partial charge in [-0.3, -0.25) is 0 Å². The van der Waals surface area contributed by atoms with E-state index in [1.807, 2.05) is 88.4 Å². The topological polar surface area (TPSA) is 100 Å². The predicted octanol–water partition coefficient (Wildman–Crippen LogP) is 11.1. The van der Waals surface area contributed by atoms with Crippen molar-refractivity contribution >= 4 is 14.3 Å². The first-order valence-electron chi connectivity index (χ1n) is 22.1. The third-order valence-electron chi connectivity index (χ3n) is 12.6. The van der Waals surface area contributed by atoms with Gasteiger partial charge in [0.25, 0.3) is 0 Å². The highest BCUT2D eigenvalue weighted by Gasteiger charge is 2.51. The predicted molar refractivity (Wildman–Crippen MR) is 246 cm³/mol. The summed E-state index contributed by atoms with van der Waals surface area (Å²) in [5.41, 5.74) is 2.92. The first-order chi connectivity index (χ1) is 28.6. The molecule has 2 aromatic rings. The Morgan fingerprint density at radius 2 is 1.49 bits per heavy atom. The summed E-state index contributed by atoms with van der Waals surface area (Å²) in [4.78, 5) is 14.1. The maximum absolute atomic E-state index is 14.1. The summed E-state index contributed by atoms with van der Waals surface area (Å²) >= 11 is 0. The number of carbonyl (C=O) groups excluding carboxylic acids is 1. The van der Waals surface area contributed by atoms with Crippen molar-refractivity contribution in [1.82, 2.24) is 0 Å². The molecule has 10 atom stereocenters. The fourth-order valence-corrected chi connectivity index (χ4v) is 9.15. The van der Waals surface area contributed by atoms with Gasteiger partial charge in [0, 0.05) is 25.4 Å². The van der Waals surface area contributed by atoms with Gasteiger partial charge in [-0.2, -0.15) is 0 Å². The normalized spacial score (nSPS) is 20.8. The molecule has 1 aliphatic heterocycles. The highest BCUT2D eigenvalue weighted by atomic mass is 28.4. The van der Waals surface area contributed by atoms with Crippen LogP contribution in [0.1, 0.15) is 99.6 Å². The van der Waals surface area contributed by atoms with Crippen molar-refractivity contribution in [3.8, 4) is 5.75 Å². The van der Waals surface area contributed by atoms with Crippen molar-refractivity contribution in [2.45, 2.75) is 162 Å². The molecule has 344 valence electrons. The largest absolute Gasteiger partial charge is 0.497 e. The molecule has 1 aliphatic rings. The van der Waals surface area contributed by atoms with Gasteiger partial charge in [0.05, 0.1) is 51.3 Å². The molecule has 0 aliphatic carbocycles. The van der Waals surface area contributed by atoms with Crippen LogP contribution in [0, 0.1) is 23.7 Å². The molecule has 0 radical (unpaired) electrons. The summed E-state index contributed by atoms with van der Waals surface area (Å²) in [6, 6.07) is 17.9. The van der Waals surface area contributed by atoms with Crippen LogP contribution in [0.15, 0.2) is 79.4 Å². The minimum absolute atomic E-state index is 0.0532. The first-order valence-corrected chi connectivity index (χ1v) is 25.0. The molecule has 0 saturated carbocycles. The fourth-order valence-electron chi connectivity index (χ4n) is 7.71. The van der Waals surface area contributed by atoms with Gasteiger partial charge in [0.2, 0.25) is 0 Å². The van der Waals surface area contributed by atoms with Crippen LogP contribution in [0.5, 0.6) is 5.75 Å². The molecule has 0 spiro atoms. The molecule has 0 N–H and O–H groups in total. The van der Waals surface area contributed by atoms with E-state index in [1.54, 1.807) is 14.2 Å². The molecule has 11 heteroatoms. The van der Waals surface area contributed by atoms with Gasteiger partial charge in [-0.15, -0.1) is 6.58 Å². The zero-order valence-electron chi connectivity index (χ0n) is 40.0. The summed E-state index contributed by atoms with van der Waals surface area (Å²) in [5, 5.41) is 0.0972. The van der Waals surface area contributed by atoms with E-state index >= 15 is 0 Å². The molecule has 1 fully saturated rings. The Balaban J connectivity index is 1.77. The maximum Gasteiger partial charge on any atom is 0.338 e. The number of hydrogen-bond acceptors (Lipinski definition) is 10. The second-order valence-corrected chi connectivity index (χ2v) is 23.8. The number of hydrogen-bond donors (Lipinski definition) is 0. The number of benzene rings is 2. The van der Waals surface area contributed by atoms with Crippen LogP contribution in [0.2, 0.25) is 18.1 Å². The lowest BCUT2D eigenvalue weighted by molar-refractivity contribution is -0.173. The molecule has 3 rings (SSSR count). The minimum atomic E-state index is -2.00. The van der Waals surface area contributed by atoms with Crippen molar-refractivity contribution in [3.63, 3.8) is 0 Å². The Bertz CT molecular complexity index is 1610. The molecular weight excluding hydrogens is 789 g/mol. The van der Waals surface area contributed by atoms with E-state index in [1.165, 1.54) is 0 Å². The standard InChI is InChI=1S/C50H80O10Si/c1-17-35(4)43(60-61(15,16)49(8,9)10)28-23-36(5)42(57-33-52-13)29-30-54-48(51)47-46(58-50(11,12)59-47)38(7)45(56-31-39-21-19-18-20-22-39)37(6)44(34(2)3)55-32-40-24-26-41(53-14)27-25-40/h17-22,24-27,35-38,42-47H,1-2,23,28-33H2,3-16H3/t35-,36+,37+,38+,42-,43-,44+,45+,46-,47+/m0/s1. The van der Waals surface area contributed by atoms with E-state index < -0.39 is 38.4 Å². The minimum Gasteiger partial charge on any atom is -0.497 e. The lowest BCUT2D eigenvalue weighted by atomic mass is 9.82. The van der Waals surface area contributed by atoms with Crippen molar-refractivity contribution in [3.05, 3.63) is 90.5 Å². The number of carbonyl (C=O) groups is 1. The summed E-state index contributed by atoms with van der Waals surface area (Å²) in [5.74, 6) is -0.874. The third-order valence-corrected chi connectivity index (χ3v) is 17.1. The second kappa shape index (κ2) is 24.3. The Labute approximate surface area is 370 Å². The monoisotopic (exact) mass is 869 g/mol. The molecule has 61 heavy (non-hydrogen) atoms. The molecule has 1 heterocycles. The van der Waals surface area contributed by atoms with Gasteiger partial charge < -0.3 is 42.3 Å². The lowest BCUT2D eigenvalue weighted by Gasteiger charge is -2.41. The average Bonchev–Trinajstić information content (AvgIpc) is 3.55. The first kappa shape index (κ1) is 52.5. The van der Waals surface area contributed by atoms with Crippen molar-refractivity contribution < 1.29 is 47.1 Å². The molecule has 0 amide bonds. The van der Waals surface area contributed by atoms with Gasteiger partial charge in [-0.1, -0.05) is 109 Å². The second-order valence-electron chi connectivity index (χ2n) is 19.1. The van der Waals surface area contributed by atoms with Crippen LogP contribution >= 0.6 is 0 Å². The molecule has 0 bridgehead atoms. The molecule has 10 nitrogen and oxygen atoms in total. The van der Waals surface area contributed by atoms with E-state index in [0.29, 0.717) is 19.6 Å². The number of rotatable bonds is 27. The van der Waals surface area contributed by atoms with E-state index in [2.05, 4.69) is 67.8 Å². The van der Waals surface area contributed by atoms with Gasteiger partial charge in [0.1, 0.15) is 18.6 Å². The molecule has 0 unspecified atom stereocenters. The van der Waals surface area contributed by atoms with Crippen molar-refractivity contribution in [2.24, 2.45) is 23.7 Å². The van der Waals surface area contributed by atoms with Gasteiger partial charge in [0.15, 0.2) is 20.2 Å². The number of ether oxygens (including phenoxy) is 8. The summed E-state index contributed by atoms with van der Waals surface area (Å²) < 4.78 is 56.0. The van der Waals surface area contributed by atoms with Crippen LogP contribution in [-0.2, 0) is 55.6 Å². The third kappa shape index (κ3) is 16.0. The zero-order chi connectivity index (χ0) is 45.5. The van der Waals surface area contributed by atoms with Crippen molar-refractivity contribution in [1.29, 1.82) is 0 Å². The molecular formula is C50H80O10Si. The van der Waals surface area contributed by atoms with Gasteiger partial charge in [-0.05, 0) is 86.8 Å². The van der Waals surface area contributed by atoms with E-state index in [0.717, 1.165) is 35.3 Å². The van der Waals surface area contributed by atoms with E-state index in [9.17, 15) is 4.79 Å². The Morgan fingerprint density at radius 3 is 2.07 bits per heavy atom. The highest BCUT2D eigenvalue weighted by Crippen LogP contribution is 2.40. The van der Waals surface area contributed by atoms with Crippen LogP contribution in [0.4, 0.5) is 0 Å². The summed E-state index contributed by atoms with van der Waals surface area (Å²) in [6.07, 6.45) is 1.63. The van der Waals surface area contributed by atoms with E-state index in [-0.39, 0.29) is 60.4 Å². The molecule has 1 saturated heterocycles. The van der Waals surface area contributed by atoms with Crippen LogP contribution in [0.3, 0.4) is 0 Å². The fraction of sp³-hybridized carbons (Fsp3) is 0.660. The average molecular weight is 869 g/mol. The summed E-state index contributed by atoms with van der Waals surface area (Å²) in [7, 11) is 1.26. The number of esters is 1. The highest BCUT2D eigenvalue weighted by molar-refractivity contribution is 6.74. The number of methoxy groups -OCH3 is 2. The molecule has 2 aromatic carbocycles. The Hall–Kier alpha value is -2.87. The molecule has 0 aromatic heterocycles. The van der Waals surface area contributed by atoms with Gasteiger partial charge >= 0.3 is 5.97 Å². The lowest BCUT2D eigenvalue weighted by Crippen LogP contribution is -2.47. The smallest absolute Gasteiger partial charge is 0.338 e. The van der Waals surface area contributed by atoms with E-state index in [4.69, 9.17) is 42.3 Å². The van der Waals surface area contributed by atoms with Crippen molar-refractivity contribution in [2.75, 3.05) is 27.6 Å². The Morgan fingerprint density at radius 1 is 0.869 bits per heavy atom. The zero-order valence-corrected chi connectivity index (χ0v) is 41.0. The summed E-state index contributed by atoms with van der Waals surface area (Å²) in [6.45, 7) is 34.9. The quantitative estimate of drug-likeness (QED) is 0.0373. The van der Waals surface area contributed by atoms with Crippen LogP contribution < -0.4 is 4.74 Å². The van der Waals surface area contributed by atoms with Crippen LogP contribution in [0.25, 0.3) is 0 Å². The Kier molecular flexibility index (Phi) is 20.9. The maximum atomic E-state index is 14.1. The SMILES string of the molecule is C=C[C@H](C)[C@H](CC[C@@H](C)[C@H](CCOC(=O)[C@@H]1OC(C)(C)O[C@H]1[C@H](C)[C@H](OCc1ccccc1)[C@H](C)[C@H](OCc1ccc(OC)cc1)C(=C)C)OCOC)O[Si](C)(C)C(C)(C)C.